The minimum atomic E-state index is -0.680. The van der Waals surface area contributed by atoms with Crippen molar-refractivity contribution in [3.8, 4) is 0 Å². The van der Waals surface area contributed by atoms with Crippen LogP contribution in [0.3, 0.4) is 0 Å². The van der Waals surface area contributed by atoms with E-state index in [0.29, 0.717) is 23.1 Å². The second-order valence-electron chi connectivity index (χ2n) is 8.11. The van der Waals surface area contributed by atoms with E-state index in [1.807, 2.05) is 19.9 Å². The van der Waals surface area contributed by atoms with Crippen molar-refractivity contribution in [2.45, 2.75) is 83.8 Å². The fourth-order valence-electron chi connectivity index (χ4n) is 4.16. The molecule has 0 bridgehead atoms. The second-order valence-corrected chi connectivity index (χ2v) is 8.11. The lowest BCUT2D eigenvalue weighted by atomic mass is 9.82. The molecule has 0 heterocycles. The molecular formula is C25H31F3O. The Kier molecular flexibility index (Phi) is 7.77. The maximum Gasteiger partial charge on any atom is 0.162 e. The summed E-state index contributed by atoms with van der Waals surface area (Å²) in [5.41, 5.74) is 2.51. The average Bonchev–Trinajstić information content (AvgIpc) is 2.74. The van der Waals surface area contributed by atoms with E-state index in [1.54, 1.807) is 24.3 Å². The molecule has 0 saturated heterocycles. The molecule has 0 amide bonds. The molecule has 1 aliphatic carbocycles. The third kappa shape index (κ3) is 5.42. The molecule has 29 heavy (non-hydrogen) atoms. The summed E-state index contributed by atoms with van der Waals surface area (Å²) in [5.74, 6) is -1.56. The van der Waals surface area contributed by atoms with Crippen LogP contribution in [0, 0.1) is 17.5 Å². The topological polar surface area (TPSA) is 9.23 Å². The zero-order chi connectivity index (χ0) is 20.8. The van der Waals surface area contributed by atoms with E-state index >= 15 is 0 Å². The zero-order valence-corrected chi connectivity index (χ0v) is 17.4. The largest absolute Gasteiger partial charge is 0.373 e. The summed E-state index contributed by atoms with van der Waals surface area (Å²) in [5, 5.41) is 0. The van der Waals surface area contributed by atoms with Gasteiger partial charge in [-0.2, -0.15) is 0 Å². The van der Waals surface area contributed by atoms with Gasteiger partial charge in [0.25, 0.3) is 0 Å². The molecule has 0 N–H and O–H groups in total. The minimum absolute atomic E-state index is 0.0187. The lowest BCUT2D eigenvalue weighted by Gasteiger charge is -2.29. The highest BCUT2D eigenvalue weighted by Crippen LogP contribution is 2.36. The van der Waals surface area contributed by atoms with E-state index < -0.39 is 11.6 Å². The van der Waals surface area contributed by atoms with E-state index in [-0.39, 0.29) is 24.4 Å². The molecule has 1 saturated carbocycles. The predicted molar refractivity (Wildman–Crippen MR) is 111 cm³/mol. The second kappa shape index (κ2) is 10.3. The Hall–Kier alpha value is -1.81. The van der Waals surface area contributed by atoms with Gasteiger partial charge >= 0.3 is 0 Å². The van der Waals surface area contributed by atoms with Crippen molar-refractivity contribution < 1.29 is 17.9 Å². The van der Waals surface area contributed by atoms with Gasteiger partial charge in [-0.05, 0) is 73.6 Å². The number of halogens is 3. The first-order valence-corrected chi connectivity index (χ1v) is 10.9. The molecule has 4 heteroatoms. The van der Waals surface area contributed by atoms with E-state index in [4.69, 9.17) is 4.74 Å². The van der Waals surface area contributed by atoms with Crippen molar-refractivity contribution in [2.75, 3.05) is 0 Å². The first kappa shape index (κ1) is 21.9. The molecule has 3 rings (SSSR count). The summed E-state index contributed by atoms with van der Waals surface area (Å²) >= 11 is 0. The fourth-order valence-corrected chi connectivity index (χ4v) is 4.16. The quantitative estimate of drug-likeness (QED) is 0.450. The number of hydrogen-bond acceptors (Lipinski definition) is 1. The molecule has 0 unspecified atom stereocenters. The maximum absolute atomic E-state index is 14.6. The number of ether oxygens (including phenoxy) is 1. The van der Waals surface area contributed by atoms with Gasteiger partial charge in [0, 0.05) is 5.56 Å². The van der Waals surface area contributed by atoms with Crippen LogP contribution in [-0.2, 0) is 24.2 Å². The SMILES string of the molecule is CCCCc1ccc(C2CCC(OCc3ccc(CC)cc3F)CC2)c(F)c1F. The van der Waals surface area contributed by atoms with Crippen LogP contribution in [0.5, 0.6) is 0 Å². The fraction of sp³-hybridized carbons (Fsp3) is 0.520. The van der Waals surface area contributed by atoms with Crippen LogP contribution in [0.1, 0.15) is 80.5 Å². The van der Waals surface area contributed by atoms with E-state index in [9.17, 15) is 13.2 Å². The Labute approximate surface area is 172 Å². The maximum atomic E-state index is 14.6. The molecule has 1 aliphatic rings. The lowest BCUT2D eigenvalue weighted by Crippen LogP contribution is -2.21. The first-order chi connectivity index (χ1) is 14.0. The van der Waals surface area contributed by atoms with Crippen LogP contribution in [0.25, 0.3) is 0 Å². The highest BCUT2D eigenvalue weighted by molar-refractivity contribution is 5.29. The molecule has 2 aromatic rings. The number of aryl methyl sites for hydroxylation is 2. The summed E-state index contributed by atoms with van der Waals surface area (Å²) in [4.78, 5) is 0. The van der Waals surface area contributed by atoms with Crippen LogP contribution in [0.15, 0.2) is 30.3 Å². The van der Waals surface area contributed by atoms with E-state index in [2.05, 4.69) is 0 Å². The van der Waals surface area contributed by atoms with Crippen LogP contribution in [0.2, 0.25) is 0 Å². The van der Waals surface area contributed by atoms with Crippen molar-refractivity contribution in [1.29, 1.82) is 0 Å². The number of rotatable bonds is 8. The molecule has 0 aromatic heterocycles. The summed E-state index contributed by atoms with van der Waals surface area (Å²) in [6, 6.07) is 8.80. The Morgan fingerprint density at radius 3 is 2.28 bits per heavy atom. The highest BCUT2D eigenvalue weighted by Gasteiger charge is 2.26. The van der Waals surface area contributed by atoms with Crippen LogP contribution >= 0.6 is 0 Å². The zero-order valence-electron chi connectivity index (χ0n) is 17.4. The van der Waals surface area contributed by atoms with Crippen molar-refractivity contribution in [3.63, 3.8) is 0 Å². The van der Waals surface area contributed by atoms with Crippen LogP contribution < -0.4 is 0 Å². The Morgan fingerprint density at radius 1 is 0.897 bits per heavy atom. The molecular weight excluding hydrogens is 373 g/mol. The standard InChI is InChI=1S/C25H31F3O/c1-3-5-6-19-11-14-22(25(28)24(19)27)18-9-12-21(13-10-18)29-16-20-8-7-17(4-2)15-23(20)26/h7-8,11,14-15,18,21H,3-6,9-10,12-13,16H2,1-2H3. The molecule has 1 nitrogen and oxygen atoms in total. The van der Waals surface area contributed by atoms with Gasteiger partial charge in [-0.3, -0.25) is 0 Å². The molecule has 1 fully saturated rings. The highest BCUT2D eigenvalue weighted by atomic mass is 19.2. The predicted octanol–water partition coefficient (Wildman–Crippen LogP) is 7.25. The molecule has 0 atom stereocenters. The summed E-state index contributed by atoms with van der Waals surface area (Å²) in [7, 11) is 0. The van der Waals surface area contributed by atoms with Crippen molar-refractivity contribution in [2.24, 2.45) is 0 Å². The van der Waals surface area contributed by atoms with Crippen LogP contribution in [0.4, 0.5) is 13.2 Å². The Bertz CT molecular complexity index is 810. The monoisotopic (exact) mass is 404 g/mol. The average molecular weight is 405 g/mol. The van der Waals surface area contributed by atoms with Crippen molar-refractivity contribution >= 4 is 0 Å². The van der Waals surface area contributed by atoms with E-state index in [1.165, 1.54) is 0 Å². The summed E-state index contributed by atoms with van der Waals surface area (Å²) < 4.78 is 49.0. The summed E-state index contributed by atoms with van der Waals surface area (Å²) in [6.45, 7) is 4.29. The molecule has 0 radical (unpaired) electrons. The van der Waals surface area contributed by atoms with Gasteiger partial charge in [-0.15, -0.1) is 0 Å². The minimum Gasteiger partial charge on any atom is -0.373 e. The Morgan fingerprint density at radius 2 is 1.62 bits per heavy atom. The van der Waals surface area contributed by atoms with Gasteiger partial charge in [-0.1, -0.05) is 44.5 Å². The normalized spacial score (nSPS) is 19.5. The van der Waals surface area contributed by atoms with Crippen molar-refractivity contribution in [1.82, 2.24) is 0 Å². The van der Waals surface area contributed by atoms with Gasteiger partial charge < -0.3 is 4.74 Å². The lowest BCUT2D eigenvalue weighted by molar-refractivity contribution is 0.0118. The van der Waals surface area contributed by atoms with Gasteiger partial charge in [0.1, 0.15) is 5.82 Å². The first-order valence-electron chi connectivity index (χ1n) is 10.9. The van der Waals surface area contributed by atoms with Gasteiger partial charge in [-0.25, -0.2) is 13.2 Å². The Balaban J connectivity index is 1.55. The number of benzene rings is 2. The smallest absolute Gasteiger partial charge is 0.162 e. The van der Waals surface area contributed by atoms with Gasteiger partial charge in [0.15, 0.2) is 11.6 Å². The van der Waals surface area contributed by atoms with Gasteiger partial charge in [0.2, 0.25) is 0 Å². The van der Waals surface area contributed by atoms with Gasteiger partial charge in [0.05, 0.1) is 12.7 Å². The molecule has 0 spiro atoms. The third-order valence-electron chi connectivity index (χ3n) is 6.11. The van der Waals surface area contributed by atoms with Crippen LogP contribution in [-0.4, -0.2) is 6.10 Å². The molecule has 158 valence electrons. The molecule has 0 aliphatic heterocycles. The number of hydrogen-bond donors (Lipinski definition) is 0. The number of unbranched alkanes of at least 4 members (excludes halogenated alkanes) is 1. The molecule has 2 aromatic carbocycles. The van der Waals surface area contributed by atoms with E-state index in [0.717, 1.165) is 50.5 Å². The third-order valence-corrected chi connectivity index (χ3v) is 6.11. The summed E-state index contributed by atoms with van der Waals surface area (Å²) in [6.07, 6.45) is 6.30. The van der Waals surface area contributed by atoms with Crippen molar-refractivity contribution in [3.05, 3.63) is 70.0 Å².